The molecule has 1 N–H and O–H groups in total. The maximum atomic E-state index is 11.9. The number of nitrogens with zero attached hydrogens (tertiary/aromatic N) is 5. The minimum Gasteiger partial charge on any atom is -0.281 e. The van der Waals surface area contributed by atoms with E-state index in [4.69, 9.17) is 0 Å². The van der Waals surface area contributed by atoms with Crippen molar-refractivity contribution in [2.45, 2.75) is 27.7 Å². The molecule has 112 valence electrons. The zero-order chi connectivity index (χ0) is 16.0. The summed E-state index contributed by atoms with van der Waals surface area (Å²) < 4.78 is 1.20. The molecular weight excluding hydrogens is 276 g/mol. The van der Waals surface area contributed by atoms with Crippen molar-refractivity contribution < 1.29 is 4.92 Å². The lowest BCUT2D eigenvalue weighted by molar-refractivity contribution is -0.384. The minimum atomic E-state index is -0.771. The van der Waals surface area contributed by atoms with Crippen molar-refractivity contribution >= 4 is 22.4 Å². The molecule has 9 heteroatoms. The third-order valence-electron chi connectivity index (χ3n) is 2.35. The van der Waals surface area contributed by atoms with Gasteiger partial charge in [0.25, 0.3) is 11.1 Å². The lowest BCUT2D eigenvalue weighted by Gasteiger charge is -1.98. The van der Waals surface area contributed by atoms with Crippen LogP contribution in [0.25, 0.3) is 16.7 Å². The van der Waals surface area contributed by atoms with Gasteiger partial charge in [-0.2, -0.15) is 9.73 Å². The molecule has 0 bridgehead atoms. The van der Waals surface area contributed by atoms with Crippen LogP contribution in [-0.2, 0) is 0 Å². The number of nitro groups is 1. The van der Waals surface area contributed by atoms with Gasteiger partial charge < -0.3 is 0 Å². The van der Waals surface area contributed by atoms with Gasteiger partial charge in [0, 0.05) is 6.20 Å². The number of H-pyrrole nitrogens is 1. The van der Waals surface area contributed by atoms with Crippen LogP contribution < -0.4 is 5.43 Å². The van der Waals surface area contributed by atoms with Crippen LogP contribution in [0.5, 0.6) is 0 Å². The number of hydrogen-bond acceptors (Lipinski definition) is 6. The van der Waals surface area contributed by atoms with Crippen molar-refractivity contribution in [3.8, 4) is 0 Å². The van der Waals surface area contributed by atoms with Gasteiger partial charge in [0.2, 0.25) is 0 Å². The number of tetrazole rings is 1. The molecule has 0 amide bonds. The van der Waals surface area contributed by atoms with Gasteiger partial charge in [0.15, 0.2) is 5.65 Å². The number of aromatic amines is 1. The molecule has 0 unspecified atom stereocenters. The quantitative estimate of drug-likeness (QED) is 0.540. The molecule has 3 aromatic rings. The Morgan fingerprint density at radius 2 is 1.90 bits per heavy atom. The summed E-state index contributed by atoms with van der Waals surface area (Å²) in [4.78, 5) is 26.0. The highest BCUT2D eigenvalue weighted by Crippen LogP contribution is 2.16. The van der Waals surface area contributed by atoms with E-state index in [0.717, 1.165) is 0 Å². The lowest BCUT2D eigenvalue weighted by Crippen LogP contribution is -2.13. The van der Waals surface area contributed by atoms with Gasteiger partial charge in [-0.15, -0.1) is 5.10 Å². The topological polar surface area (TPSA) is 119 Å². The van der Waals surface area contributed by atoms with E-state index in [1.807, 2.05) is 27.7 Å². The zero-order valence-corrected chi connectivity index (χ0v) is 12.2. The Morgan fingerprint density at radius 3 is 2.52 bits per heavy atom. The summed E-state index contributed by atoms with van der Waals surface area (Å²) in [5.41, 5.74) is -1.22. The number of hydrogen-bond donors (Lipinski definition) is 1. The summed E-state index contributed by atoms with van der Waals surface area (Å²) in [6, 6.07) is 2.99. The monoisotopic (exact) mass is 292 g/mol. The highest BCUT2D eigenvalue weighted by Gasteiger charge is 2.24. The van der Waals surface area contributed by atoms with Crippen molar-refractivity contribution in [2.24, 2.45) is 0 Å². The highest BCUT2D eigenvalue weighted by atomic mass is 16.6. The van der Waals surface area contributed by atoms with E-state index in [9.17, 15) is 14.9 Å². The Bertz CT molecular complexity index is 807. The number of aromatic nitrogens is 5. The van der Waals surface area contributed by atoms with Crippen molar-refractivity contribution in [2.75, 3.05) is 0 Å². The molecular formula is C12H16N6O3. The molecule has 0 saturated carbocycles. The Morgan fingerprint density at radius 1 is 1.24 bits per heavy atom. The highest BCUT2D eigenvalue weighted by molar-refractivity contribution is 5.82. The fourth-order valence-corrected chi connectivity index (χ4v) is 1.65. The number of pyridine rings is 2. The third kappa shape index (κ3) is 2.71. The fraction of sp³-hybridized carbons (Fsp3) is 0.333. The zero-order valence-electron chi connectivity index (χ0n) is 12.2. The molecule has 0 atom stereocenters. The van der Waals surface area contributed by atoms with Gasteiger partial charge >= 0.3 is 5.69 Å². The van der Waals surface area contributed by atoms with Crippen LogP contribution in [0.3, 0.4) is 0 Å². The van der Waals surface area contributed by atoms with Crippen molar-refractivity contribution in [1.82, 2.24) is 25.0 Å². The van der Waals surface area contributed by atoms with Crippen LogP contribution in [-0.4, -0.2) is 29.9 Å². The second kappa shape index (κ2) is 7.08. The van der Waals surface area contributed by atoms with E-state index in [1.54, 1.807) is 0 Å². The first kappa shape index (κ1) is 16.2. The first-order valence-corrected chi connectivity index (χ1v) is 6.55. The molecule has 3 heterocycles. The molecule has 0 aromatic carbocycles. The number of rotatable bonds is 1. The molecule has 21 heavy (non-hydrogen) atoms. The molecule has 3 aromatic heterocycles. The Kier molecular flexibility index (Phi) is 5.47. The Balaban J connectivity index is 0.000000510. The summed E-state index contributed by atoms with van der Waals surface area (Å²) >= 11 is 0. The molecule has 0 fully saturated rings. The predicted octanol–water partition coefficient (Wildman–Crippen LogP) is 1.93. The average molecular weight is 292 g/mol. The van der Waals surface area contributed by atoms with Gasteiger partial charge in [-0.25, -0.2) is 4.98 Å². The van der Waals surface area contributed by atoms with Crippen molar-refractivity contribution in [1.29, 1.82) is 0 Å². The van der Waals surface area contributed by atoms with Gasteiger partial charge in [-0.3, -0.25) is 14.9 Å². The van der Waals surface area contributed by atoms with Gasteiger partial charge in [-0.1, -0.05) is 32.9 Å². The molecule has 0 aliphatic carbocycles. The maximum Gasteiger partial charge on any atom is 0.363 e. The summed E-state index contributed by atoms with van der Waals surface area (Å²) in [5.74, 6) is 0. The first-order chi connectivity index (χ1) is 10.2. The van der Waals surface area contributed by atoms with E-state index in [1.165, 1.54) is 22.8 Å². The van der Waals surface area contributed by atoms with Gasteiger partial charge in [0.05, 0.1) is 10.3 Å². The molecule has 9 nitrogen and oxygen atoms in total. The summed E-state index contributed by atoms with van der Waals surface area (Å²) in [6.07, 6.45) is 1.47. The van der Waals surface area contributed by atoms with E-state index in [-0.39, 0.29) is 16.7 Å². The standard InChI is InChI=1S/C8H4N6O3.2C2H6/c15-6-4-2-1-3-9-7(4)13-8(10-11-12-13)5(6)14(16)17;2*1-2/h1-3H,(H,10,12);2*1-2H3. The van der Waals surface area contributed by atoms with E-state index >= 15 is 0 Å². The van der Waals surface area contributed by atoms with Crippen molar-refractivity contribution in [3.63, 3.8) is 0 Å². The van der Waals surface area contributed by atoms with Gasteiger partial charge in [-0.05, 0) is 12.1 Å². The molecule has 0 radical (unpaired) electrons. The predicted molar refractivity (Wildman–Crippen MR) is 78.3 cm³/mol. The SMILES string of the molecule is CC.CC.O=c1c([N+](=O)[O-])c2nn[nH]n2c2ncccc12. The average Bonchev–Trinajstić information content (AvgIpc) is 3.00. The molecule has 3 rings (SSSR count). The van der Waals surface area contributed by atoms with Crippen LogP contribution in [0, 0.1) is 10.1 Å². The summed E-state index contributed by atoms with van der Waals surface area (Å²) in [6.45, 7) is 8.00. The fourth-order valence-electron chi connectivity index (χ4n) is 1.65. The Hall–Kier alpha value is -2.84. The van der Waals surface area contributed by atoms with Crippen LogP contribution in [0.2, 0.25) is 0 Å². The molecule has 0 aliphatic rings. The first-order valence-electron chi connectivity index (χ1n) is 6.55. The summed E-state index contributed by atoms with van der Waals surface area (Å²) in [7, 11) is 0. The molecule has 0 spiro atoms. The maximum absolute atomic E-state index is 11.9. The number of nitrogens with one attached hydrogen (secondary N) is 1. The smallest absolute Gasteiger partial charge is 0.281 e. The molecule has 0 aliphatic heterocycles. The van der Waals surface area contributed by atoms with Crippen LogP contribution >= 0.6 is 0 Å². The van der Waals surface area contributed by atoms with E-state index in [0.29, 0.717) is 0 Å². The largest absolute Gasteiger partial charge is 0.363 e. The second-order valence-electron chi connectivity index (χ2n) is 3.27. The number of fused-ring (bicyclic) bond motifs is 3. The minimum absolute atomic E-state index is 0.141. The van der Waals surface area contributed by atoms with Crippen LogP contribution in [0.15, 0.2) is 23.1 Å². The van der Waals surface area contributed by atoms with E-state index in [2.05, 4.69) is 20.5 Å². The van der Waals surface area contributed by atoms with Crippen LogP contribution in [0.4, 0.5) is 5.69 Å². The normalized spacial score (nSPS) is 9.52. The van der Waals surface area contributed by atoms with Crippen LogP contribution in [0.1, 0.15) is 27.7 Å². The second-order valence-corrected chi connectivity index (χ2v) is 3.27. The van der Waals surface area contributed by atoms with Gasteiger partial charge in [0.1, 0.15) is 0 Å². The molecule has 0 saturated heterocycles. The lowest BCUT2D eigenvalue weighted by atomic mass is 10.2. The third-order valence-corrected chi connectivity index (χ3v) is 2.35. The van der Waals surface area contributed by atoms with Crippen molar-refractivity contribution in [3.05, 3.63) is 38.7 Å². The Labute approximate surface area is 119 Å². The van der Waals surface area contributed by atoms with E-state index < -0.39 is 16.0 Å². The summed E-state index contributed by atoms with van der Waals surface area (Å²) in [5, 5.41) is 20.4.